The molecule has 0 aliphatic rings. The zero-order valence-corrected chi connectivity index (χ0v) is 9.25. The van der Waals surface area contributed by atoms with Crippen molar-refractivity contribution in [1.82, 2.24) is 0 Å². The Morgan fingerprint density at radius 2 is 2.00 bits per heavy atom. The number of carbonyl (C=O) groups excluding carboxylic acids is 1. The van der Waals surface area contributed by atoms with E-state index >= 15 is 0 Å². The van der Waals surface area contributed by atoms with E-state index in [1.54, 1.807) is 24.3 Å². The number of halogens is 1. The summed E-state index contributed by atoms with van der Waals surface area (Å²) in [6, 6.07) is 6.99. The largest absolute Gasteiger partial charge is 0.503 e. The van der Waals surface area contributed by atoms with Crippen molar-refractivity contribution in [3.05, 3.63) is 41.1 Å². The normalized spacial score (nSPS) is 11.0. The van der Waals surface area contributed by atoms with E-state index in [9.17, 15) is 4.79 Å². The number of ether oxygens (including phenoxy) is 2. The van der Waals surface area contributed by atoms with E-state index in [4.69, 9.17) is 16.3 Å². The molecule has 1 aromatic carbocycles. The number of hydrogen-bond acceptors (Lipinski definition) is 3. The van der Waals surface area contributed by atoms with E-state index in [-0.39, 0.29) is 0 Å². The Morgan fingerprint density at radius 1 is 1.33 bits per heavy atom. The van der Waals surface area contributed by atoms with Gasteiger partial charge in [-0.1, -0.05) is 29.8 Å². The molecule has 0 amide bonds. The molecule has 1 aromatic rings. The summed E-state index contributed by atoms with van der Waals surface area (Å²) < 4.78 is 9.44. The maximum atomic E-state index is 11.4. The zero-order chi connectivity index (χ0) is 11.3. The molecule has 0 N–H and O–H groups in total. The lowest BCUT2D eigenvalue weighted by Crippen LogP contribution is -2.04. The van der Waals surface area contributed by atoms with E-state index < -0.39 is 5.97 Å². The van der Waals surface area contributed by atoms with Crippen LogP contribution in [0.1, 0.15) is 5.56 Å². The summed E-state index contributed by atoms with van der Waals surface area (Å²) in [5.74, 6) is -0.482. The van der Waals surface area contributed by atoms with Crippen LogP contribution in [0, 0.1) is 0 Å². The number of methoxy groups -OCH3 is 2. The van der Waals surface area contributed by atoms with Crippen molar-refractivity contribution < 1.29 is 14.3 Å². The number of hydrogen-bond donors (Lipinski definition) is 0. The van der Waals surface area contributed by atoms with E-state index in [0.717, 1.165) is 0 Å². The highest BCUT2D eigenvalue weighted by molar-refractivity contribution is 6.34. The van der Waals surface area contributed by atoms with Gasteiger partial charge >= 0.3 is 5.97 Å². The first-order valence-electron chi connectivity index (χ1n) is 4.27. The van der Waals surface area contributed by atoms with Gasteiger partial charge in [0.1, 0.15) is 5.57 Å². The topological polar surface area (TPSA) is 35.5 Å². The van der Waals surface area contributed by atoms with Crippen LogP contribution in [0.15, 0.2) is 30.5 Å². The van der Waals surface area contributed by atoms with Crippen molar-refractivity contribution in [2.24, 2.45) is 0 Å². The second-order valence-electron chi connectivity index (χ2n) is 2.74. The van der Waals surface area contributed by atoms with Gasteiger partial charge < -0.3 is 9.47 Å². The van der Waals surface area contributed by atoms with Gasteiger partial charge in [-0.3, -0.25) is 0 Å². The van der Waals surface area contributed by atoms with Crippen LogP contribution in [0.5, 0.6) is 0 Å². The maximum absolute atomic E-state index is 11.4. The molecular formula is C11H11ClO3. The minimum Gasteiger partial charge on any atom is -0.503 e. The predicted octanol–water partition coefficient (Wildman–Crippen LogP) is 2.50. The zero-order valence-electron chi connectivity index (χ0n) is 8.49. The fourth-order valence-corrected chi connectivity index (χ4v) is 1.37. The standard InChI is InChI=1S/C11H11ClO3/c1-14-7-9(11(13)15-2)8-5-3-4-6-10(8)12/h3-7H,1-2H3. The van der Waals surface area contributed by atoms with Crippen LogP contribution in [0.2, 0.25) is 5.02 Å². The summed E-state index contributed by atoms with van der Waals surface area (Å²) in [7, 11) is 2.77. The summed E-state index contributed by atoms with van der Waals surface area (Å²) >= 11 is 5.95. The lowest BCUT2D eigenvalue weighted by Gasteiger charge is -2.06. The Balaban J connectivity index is 3.17. The predicted molar refractivity (Wildman–Crippen MR) is 58.5 cm³/mol. The van der Waals surface area contributed by atoms with Crippen LogP contribution >= 0.6 is 11.6 Å². The monoisotopic (exact) mass is 226 g/mol. The summed E-state index contributed by atoms with van der Waals surface area (Å²) in [4.78, 5) is 11.4. The Kier molecular flexibility index (Phi) is 4.18. The van der Waals surface area contributed by atoms with Crippen LogP contribution < -0.4 is 0 Å². The van der Waals surface area contributed by atoms with Gasteiger partial charge in [0.25, 0.3) is 0 Å². The van der Waals surface area contributed by atoms with Gasteiger partial charge in [0.15, 0.2) is 0 Å². The van der Waals surface area contributed by atoms with E-state index in [2.05, 4.69) is 4.74 Å². The molecule has 0 spiro atoms. The second kappa shape index (κ2) is 5.41. The quantitative estimate of drug-likeness (QED) is 0.451. The Morgan fingerprint density at radius 3 is 2.53 bits per heavy atom. The highest BCUT2D eigenvalue weighted by Crippen LogP contribution is 2.24. The molecule has 0 radical (unpaired) electrons. The van der Waals surface area contributed by atoms with Gasteiger partial charge in [-0.2, -0.15) is 0 Å². The molecule has 0 saturated heterocycles. The smallest absolute Gasteiger partial charge is 0.341 e. The van der Waals surface area contributed by atoms with Crippen LogP contribution in [-0.2, 0) is 14.3 Å². The first-order valence-corrected chi connectivity index (χ1v) is 4.64. The van der Waals surface area contributed by atoms with Crippen molar-refractivity contribution in [2.75, 3.05) is 14.2 Å². The number of carbonyl (C=O) groups is 1. The molecule has 3 nitrogen and oxygen atoms in total. The van der Waals surface area contributed by atoms with Gasteiger partial charge in [-0.15, -0.1) is 0 Å². The Bertz CT molecular complexity index is 385. The molecule has 4 heteroatoms. The first kappa shape index (κ1) is 11.6. The van der Waals surface area contributed by atoms with Crippen LogP contribution in [0.25, 0.3) is 5.57 Å². The van der Waals surface area contributed by atoms with E-state index in [0.29, 0.717) is 16.2 Å². The molecule has 0 aromatic heterocycles. The van der Waals surface area contributed by atoms with Crippen molar-refractivity contribution in [3.63, 3.8) is 0 Å². The van der Waals surface area contributed by atoms with Gasteiger partial charge in [0.2, 0.25) is 0 Å². The Hall–Kier alpha value is -1.48. The number of benzene rings is 1. The van der Waals surface area contributed by atoms with Gasteiger partial charge in [-0.25, -0.2) is 4.79 Å². The molecule has 0 aliphatic heterocycles. The second-order valence-corrected chi connectivity index (χ2v) is 3.15. The number of esters is 1. The molecule has 0 saturated carbocycles. The van der Waals surface area contributed by atoms with Gasteiger partial charge in [0, 0.05) is 10.6 Å². The fourth-order valence-electron chi connectivity index (χ4n) is 1.13. The summed E-state index contributed by atoms with van der Waals surface area (Å²) in [5.41, 5.74) is 0.887. The van der Waals surface area contributed by atoms with Crippen molar-refractivity contribution in [2.45, 2.75) is 0 Å². The lowest BCUT2D eigenvalue weighted by molar-refractivity contribution is -0.133. The minimum absolute atomic E-state index is 0.297. The molecule has 0 bridgehead atoms. The highest BCUT2D eigenvalue weighted by atomic mass is 35.5. The third kappa shape index (κ3) is 2.73. The molecule has 0 unspecified atom stereocenters. The maximum Gasteiger partial charge on any atom is 0.341 e. The van der Waals surface area contributed by atoms with Gasteiger partial charge in [0.05, 0.1) is 20.5 Å². The first-order chi connectivity index (χ1) is 7.20. The van der Waals surface area contributed by atoms with Crippen molar-refractivity contribution in [1.29, 1.82) is 0 Å². The average molecular weight is 227 g/mol. The third-order valence-electron chi connectivity index (χ3n) is 1.81. The Labute approximate surface area is 93.3 Å². The van der Waals surface area contributed by atoms with Crippen molar-refractivity contribution in [3.8, 4) is 0 Å². The highest BCUT2D eigenvalue weighted by Gasteiger charge is 2.15. The third-order valence-corrected chi connectivity index (χ3v) is 2.13. The van der Waals surface area contributed by atoms with Crippen molar-refractivity contribution >= 4 is 23.1 Å². The fraction of sp³-hybridized carbons (Fsp3) is 0.182. The molecular weight excluding hydrogens is 216 g/mol. The van der Waals surface area contributed by atoms with E-state index in [1.807, 2.05) is 0 Å². The number of rotatable bonds is 3. The summed E-state index contributed by atoms with van der Waals surface area (Å²) in [6.45, 7) is 0. The average Bonchev–Trinajstić information content (AvgIpc) is 2.26. The van der Waals surface area contributed by atoms with Gasteiger partial charge in [-0.05, 0) is 6.07 Å². The summed E-state index contributed by atoms with van der Waals surface area (Å²) in [5, 5.41) is 0.478. The minimum atomic E-state index is -0.482. The molecule has 0 aliphatic carbocycles. The molecule has 0 atom stereocenters. The molecule has 80 valence electrons. The lowest BCUT2D eigenvalue weighted by atomic mass is 10.1. The van der Waals surface area contributed by atoms with Crippen LogP contribution in [0.3, 0.4) is 0 Å². The molecule has 1 rings (SSSR count). The molecule has 0 fully saturated rings. The molecule has 15 heavy (non-hydrogen) atoms. The van der Waals surface area contributed by atoms with Crippen LogP contribution in [0.4, 0.5) is 0 Å². The summed E-state index contributed by atoms with van der Waals surface area (Å²) in [6.07, 6.45) is 1.31. The van der Waals surface area contributed by atoms with Crippen LogP contribution in [-0.4, -0.2) is 20.2 Å². The SMILES string of the molecule is COC=C(C(=O)OC)c1ccccc1Cl. The molecule has 0 heterocycles. The van der Waals surface area contributed by atoms with E-state index in [1.165, 1.54) is 20.5 Å².